The molecule has 1 nitrogen and oxygen atoms in total. The Morgan fingerprint density at radius 1 is 0.882 bits per heavy atom. The quantitative estimate of drug-likeness (QED) is 0.372. The highest BCUT2D eigenvalue weighted by molar-refractivity contribution is 4.84. The van der Waals surface area contributed by atoms with Crippen molar-refractivity contribution in [3.8, 4) is 0 Å². The molecule has 1 heteroatoms. The maximum atomic E-state index is 10.1. The molecule has 0 heterocycles. The molecule has 1 N–H and O–H groups in total. The third-order valence-electron chi connectivity index (χ3n) is 3.54. The van der Waals surface area contributed by atoms with E-state index in [1.54, 1.807) is 0 Å². The van der Waals surface area contributed by atoms with Crippen LogP contribution in [0.5, 0.6) is 0 Å². The van der Waals surface area contributed by atoms with Crippen molar-refractivity contribution in [3.63, 3.8) is 0 Å². The highest BCUT2D eigenvalue weighted by Gasteiger charge is 2.14. The maximum Gasteiger partial charge on any atom is 0.0602 e. The van der Waals surface area contributed by atoms with Gasteiger partial charge < -0.3 is 5.11 Å². The first-order valence-electron chi connectivity index (χ1n) is 7.56. The summed E-state index contributed by atoms with van der Waals surface area (Å²) in [6, 6.07) is 0. The van der Waals surface area contributed by atoms with Gasteiger partial charge in [-0.2, -0.15) is 0 Å². The molecule has 0 radical (unpaired) electrons. The predicted molar refractivity (Wildman–Crippen MR) is 77.2 cm³/mol. The molecule has 0 aliphatic carbocycles. The van der Waals surface area contributed by atoms with Crippen molar-refractivity contribution in [1.29, 1.82) is 0 Å². The minimum Gasteiger partial charge on any atom is -0.393 e. The molecule has 0 aromatic carbocycles. The molecule has 17 heavy (non-hydrogen) atoms. The zero-order chi connectivity index (χ0) is 12.9. The number of unbranched alkanes of at least 4 members (excludes halogenated alkanes) is 6. The lowest BCUT2D eigenvalue weighted by Crippen LogP contribution is -2.18. The second-order valence-electron chi connectivity index (χ2n) is 5.17. The van der Waals surface area contributed by atoms with Gasteiger partial charge in [0.2, 0.25) is 0 Å². The molecule has 0 aliphatic heterocycles. The van der Waals surface area contributed by atoms with Crippen LogP contribution in [0.15, 0.2) is 12.7 Å². The minimum absolute atomic E-state index is 0.162. The van der Waals surface area contributed by atoms with Crippen molar-refractivity contribution in [2.24, 2.45) is 5.92 Å². The molecule has 102 valence electrons. The van der Waals surface area contributed by atoms with Crippen molar-refractivity contribution in [1.82, 2.24) is 0 Å². The highest BCUT2D eigenvalue weighted by Crippen LogP contribution is 2.20. The van der Waals surface area contributed by atoms with Crippen molar-refractivity contribution in [2.45, 2.75) is 84.2 Å². The Labute approximate surface area is 108 Å². The van der Waals surface area contributed by atoms with Crippen LogP contribution < -0.4 is 0 Å². The molecular weight excluding hydrogens is 208 g/mol. The van der Waals surface area contributed by atoms with Gasteiger partial charge in [0.15, 0.2) is 0 Å². The van der Waals surface area contributed by atoms with Gasteiger partial charge in [-0.3, -0.25) is 0 Å². The molecule has 0 aromatic heterocycles. The molecular formula is C16H32O. The number of hydrogen-bond donors (Lipinski definition) is 1. The van der Waals surface area contributed by atoms with Gasteiger partial charge in [-0.15, -0.1) is 6.58 Å². The molecule has 0 amide bonds. The van der Waals surface area contributed by atoms with E-state index in [0.29, 0.717) is 5.92 Å². The van der Waals surface area contributed by atoms with Gasteiger partial charge in [-0.25, -0.2) is 0 Å². The van der Waals surface area contributed by atoms with Gasteiger partial charge in [-0.05, 0) is 12.8 Å². The van der Waals surface area contributed by atoms with E-state index in [0.717, 1.165) is 19.3 Å². The molecule has 2 atom stereocenters. The van der Waals surface area contributed by atoms with Gasteiger partial charge >= 0.3 is 0 Å². The summed E-state index contributed by atoms with van der Waals surface area (Å²) >= 11 is 0. The molecule has 0 spiro atoms. The van der Waals surface area contributed by atoms with E-state index in [1.165, 1.54) is 44.9 Å². The van der Waals surface area contributed by atoms with E-state index in [1.807, 2.05) is 6.08 Å². The molecule has 0 aliphatic rings. The Bertz CT molecular complexity index is 165. The first-order valence-corrected chi connectivity index (χ1v) is 7.56. The third kappa shape index (κ3) is 9.41. The first-order chi connectivity index (χ1) is 8.26. The molecule has 0 rings (SSSR count). The predicted octanol–water partition coefficient (Wildman–Crippen LogP) is 5.09. The Morgan fingerprint density at radius 2 is 1.41 bits per heavy atom. The van der Waals surface area contributed by atoms with Crippen molar-refractivity contribution < 1.29 is 5.11 Å². The van der Waals surface area contributed by atoms with Crippen LogP contribution in [0.25, 0.3) is 0 Å². The largest absolute Gasteiger partial charge is 0.393 e. The van der Waals surface area contributed by atoms with Crippen LogP contribution in [0, 0.1) is 5.92 Å². The van der Waals surface area contributed by atoms with Crippen LogP contribution in [0.4, 0.5) is 0 Å². The van der Waals surface area contributed by atoms with Crippen molar-refractivity contribution in [3.05, 3.63) is 12.7 Å². The van der Waals surface area contributed by atoms with Crippen LogP contribution in [0.1, 0.15) is 78.1 Å². The summed E-state index contributed by atoms with van der Waals surface area (Å²) in [4.78, 5) is 0. The second kappa shape index (κ2) is 12.2. The lowest BCUT2D eigenvalue weighted by molar-refractivity contribution is 0.112. The SMILES string of the molecule is C=C[C@@H](CCCCCCC)[C@@H](O)CCCCC. The molecule has 0 unspecified atom stereocenters. The summed E-state index contributed by atoms with van der Waals surface area (Å²) in [5.74, 6) is 0.313. The summed E-state index contributed by atoms with van der Waals surface area (Å²) in [7, 11) is 0. The summed E-state index contributed by atoms with van der Waals surface area (Å²) in [6.07, 6.45) is 14.0. The second-order valence-corrected chi connectivity index (χ2v) is 5.17. The van der Waals surface area contributed by atoms with E-state index in [-0.39, 0.29) is 6.10 Å². The van der Waals surface area contributed by atoms with E-state index in [4.69, 9.17) is 0 Å². The van der Waals surface area contributed by atoms with Gasteiger partial charge in [-0.1, -0.05) is 71.3 Å². The molecule has 0 saturated heterocycles. The van der Waals surface area contributed by atoms with Crippen LogP contribution in [-0.2, 0) is 0 Å². The molecule has 0 saturated carbocycles. The minimum atomic E-state index is -0.162. The molecule has 0 aromatic rings. The topological polar surface area (TPSA) is 20.2 Å². The Kier molecular flexibility index (Phi) is 12.0. The van der Waals surface area contributed by atoms with Crippen LogP contribution >= 0.6 is 0 Å². The number of aliphatic hydroxyl groups excluding tert-OH is 1. The van der Waals surface area contributed by atoms with Crippen LogP contribution in [0.3, 0.4) is 0 Å². The standard InChI is InChI=1S/C16H32O/c1-4-7-9-10-12-13-15(6-3)16(17)14-11-8-5-2/h6,15-17H,3-5,7-14H2,1-2H3/t15-,16-/m0/s1. The van der Waals surface area contributed by atoms with Gasteiger partial charge in [0.25, 0.3) is 0 Å². The molecule has 0 bridgehead atoms. The zero-order valence-electron chi connectivity index (χ0n) is 12.0. The Hall–Kier alpha value is -0.300. The fourth-order valence-corrected chi connectivity index (χ4v) is 2.27. The van der Waals surface area contributed by atoms with Crippen LogP contribution in [0.2, 0.25) is 0 Å². The highest BCUT2D eigenvalue weighted by atomic mass is 16.3. The first kappa shape index (κ1) is 16.7. The smallest absolute Gasteiger partial charge is 0.0602 e. The number of aliphatic hydroxyl groups is 1. The van der Waals surface area contributed by atoms with Gasteiger partial charge in [0.1, 0.15) is 0 Å². The Morgan fingerprint density at radius 3 is 2.00 bits per heavy atom. The van der Waals surface area contributed by atoms with Crippen LogP contribution in [-0.4, -0.2) is 11.2 Å². The summed E-state index contributed by atoms with van der Waals surface area (Å²) in [5.41, 5.74) is 0. The molecule has 0 fully saturated rings. The van der Waals surface area contributed by atoms with E-state index >= 15 is 0 Å². The zero-order valence-corrected chi connectivity index (χ0v) is 12.0. The third-order valence-corrected chi connectivity index (χ3v) is 3.54. The Balaban J connectivity index is 3.62. The van der Waals surface area contributed by atoms with E-state index in [9.17, 15) is 5.11 Å². The van der Waals surface area contributed by atoms with E-state index in [2.05, 4.69) is 20.4 Å². The summed E-state index contributed by atoms with van der Waals surface area (Å²) in [6.45, 7) is 8.31. The number of hydrogen-bond acceptors (Lipinski definition) is 1. The van der Waals surface area contributed by atoms with E-state index < -0.39 is 0 Å². The summed E-state index contributed by atoms with van der Waals surface area (Å²) < 4.78 is 0. The van der Waals surface area contributed by atoms with Gasteiger partial charge in [0, 0.05) is 5.92 Å². The van der Waals surface area contributed by atoms with Crippen molar-refractivity contribution in [2.75, 3.05) is 0 Å². The average Bonchev–Trinajstić information content (AvgIpc) is 2.34. The average molecular weight is 240 g/mol. The normalized spacial score (nSPS) is 14.5. The van der Waals surface area contributed by atoms with Crippen molar-refractivity contribution >= 4 is 0 Å². The monoisotopic (exact) mass is 240 g/mol. The fraction of sp³-hybridized carbons (Fsp3) is 0.875. The maximum absolute atomic E-state index is 10.1. The lowest BCUT2D eigenvalue weighted by Gasteiger charge is -2.19. The lowest BCUT2D eigenvalue weighted by atomic mass is 9.92. The number of rotatable bonds is 12. The van der Waals surface area contributed by atoms with Gasteiger partial charge in [0.05, 0.1) is 6.10 Å². The fourth-order valence-electron chi connectivity index (χ4n) is 2.27. The summed E-state index contributed by atoms with van der Waals surface area (Å²) in [5, 5.41) is 10.1.